The van der Waals surface area contributed by atoms with Crippen molar-refractivity contribution in [2.45, 2.75) is 82.2 Å². The first kappa shape index (κ1) is 31.7. The molecule has 0 aromatic carbocycles. The fourth-order valence-electron chi connectivity index (χ4n) is 4.59. The van der Waals surface area contributed by atoms with Crippen LogP contribution in [0, 0.1) is 5.92 Å². The molecule has 0 radical (unpaired) electrons. The average Bonchev–Trinajstić information content (AvgIpc) is 2.82. The van der Waals surface area contributed by atoms with Gasteiger partial charge in [0.15, 0.2) is 0 Å². The molecule has 0 bridgehead atoms. The Morgan fingerprint density at radius 3 is 1.89 bits per heavy atom. The van der Waals surface area contributed by atoms with Gasteiger partial charge in [0.05, 0.1) is 11.1 Å². The zero-order valence-electron chi connectivity index (χ0n) is 21.6. The Kier molecular flexibility index (Phi) is 14.5. The lowest BCUT2D eigenvalue weighted by atomic mass is 9.81. The van der Waals surface area contributed by atoms with Gasteiger partial charge in [-0.05, 0) is 57.5 Å². The number of carbonyl (C=O) groups is 4. The number of aliphatic carboxylic acids is 2. The Morgan fingerprint density at radius 2 is 1.44 bits per heavy atom. The van der Waals surface area contributed by atoms with Crippen molar-refractivity contribution in [2.75, 3.05) is 39.3 Å². The molecule has 0 aromatic rings. The minimum Gasteiger partial charge on any atom is -0.481 e. The van der Waals surface area contributed by atoms with Gasteiger partial charge in [-0.1, -0.05) is 6.92 Å². The Morgan fingerprint density at radius 1 is 0.917 bits per heavy atom. The molecule has 1 saturated heterocycles. The maximum Gasteiger partial charge on any atom is 0.303 e. The van der Waals surface area contributed by atoms with Crippen LogP contribution in [0.15, 0.2) is 0 Å². The second-order valence-electron chi connectivity index (χ2n) is 9.91. The second kappa shape index (κ2) is 16.5. The number of carboxylic acid groups (broad SMARTS) is 2. The Labute approximate surface area is 213 Å². The van der Waals surface area contributed by atoms with Crippen molar-refractivity contribution >= 4 is 23.8 Å². The standard InChI is InChI=1S/C24H46N6O6/c1-2-23(14-25,29-19(31)5-3-7-21(33)34)13-18-9-11-27-16-24(15-26,17-28-12-10-18)30-20(32)6-4-8-22(35)36/h18,27-28H,2-17,25-26H2,1H3,(H,29,31)(H,30,32)(H,33,34)(H,35,36). The van der Waals surface area contributed by atoms with Crippen LogP contribution in [-0.2, 0) is 19.2 Å². The van der Waals surface area contributed by atoms with Crippen molar-refractivity contribution in [3.05, 3.63) is 0 Å². The van der Waals surface area contributed by atoms with Gasteiger partial charge in [-0.2, -0.15) is 0 Å². The van der Waals surface area contributed by atoms with Gasteiger partial charge in [0.2, 0.25) is 11.8 Å². The van der Waals surface area contributed by atoms with E-state index in [2.05, 4.69) is 21.3 Å². The quantitative estimate of drug-likeness (QED) is 0.141. The van der Waals surface area contributed by atoms with E-state index in [0.29, 0.717) is 51.5 Å². The highest BCUT2D eigenvalue weighted by Crippen LogP contribution is 2.25. The summed E-state index contributed by atoms with van der Waals surface area (Å²) in [7, 11) is 0. The van der Waals surface area contributed by atoms with Crippen molar-refractivity contribution < 1.29 is 29.4 Å². The Bertz CT molecular complexity index is 703. The van der Waals surface area contributed by atoms with Crippen LogP contribution in [0.1, 0.15) is 71.1 Å². The molecular formula is C24H46N6O6. The molecule has 208 valence electrons. The van der Waals surface area contributed by atoms with Gasteiger partial charge in [-0.25, -0.2) is 0 Å². The predicted octanol–water partition coefficient (Wildman–Crippen LogP) is -0.487. The highest BCUT2D eigenvalue weighted by molar-refractivity contribution is 5.78. The Balaban J connectivity index is 2.67. The van der Waals surface area contributed by atoms with Crippen LogP contribution >= 0.6 is 0 Å². The zero-order chi connectivity index (χ0) is 27.0. The van der Waals surface area contributed by atoms with Gasteiger partial charge in [-0.15, -0.1) is 0 Å². The number of hydrogen-bond donors (Lipinski definition) is 8. The highest BCUT2D eigenvalue weighted by Gasteiger charge is 2.33. The van der Waals surface area contributed by atoms with Crippen LogP contribution in [0.25, 0.3) is 0 Å². The molecule has 0 saturated carbocycles. The first-order valence-electron chi connectivity index (χ1n) is 13.0. The maximum atomic E-state index is 12.5. The van der Waals surface area contributed by atoms with Gasteiger partial charge >= 0.3 is 11.9 Å². The van der Waals surface area contributed by atoms with Gasteiger partial charge in [-0.3, -0.25) is 19.2 Å². The number of rotatable bonds is 15. The normalized spacial score (nSPS) is 22.7. The molecule has 10 N–H and O–H groups in total. The van der Waals surface area contributed by atoms with Gasteiger partial charge in [0.25, 0.3) is 0 Å². The molecule has 1 heterocycles. The van der Waals surface area contributed by atoms with E-state index in [9.17, 15) is 19.2 Å². The summed E-state index contributed by atoms with van der Waals surface area (Å²) in [5.74, 6) is -1.93. The van der Waals surface area contributed by atoms with Crippen LogP contribution in [0.3, 0.4) is 0 Å². The van der Waals surface area contributed by atoms with E-state index in [-0.39, 0.29) is 50.5 Å². The lowest BCUT2D eigenvalue weighted by Gasteiger charge is -2.38. The molecular weight excluding hydrogens is 468 g/mol. The molecule has 1 aliphatic rings. The summed E-state index contributed by atoms with van der Waals surface area (Å²) in [4.78, 5) is 46.2. The van der Waals surface area contributed by atoms with Crippen molar-refractivity contribution in [1.29, 1.82) is 0 Å². The monoisotopic (exact) mass is 514 g/mol. The average molecular weight is 515 g/mol. The van der Waals surface area contributed by atoms with Crippen molar-refractivity contribution in [1.82, 2.24) is 21.3 Å². The third-order valence-corrected chi connectivity index (χ3v) is 6.92. The number of amides is 2. The number of carbonyl (C=O) groups excluding carboxylic acids is 2. The fourth-order valence-corrected chi connectivity index (χ4v) is 4.59. The molecule has 1 aliphatic heterocycles. The van der Waals surface area contributed by atoms with Gasteiger partial charge < -0.3 is 42.9 Å². The van der Waals surface area contributed by atoms with E-state index in [1.807, 2.05) is 6.92 Å². The summed E-state index contributed by atoms with van der Waals surface area (Å²) in [5.41, 5.74) is 10.9. The molecule has 0 spiro atoms. The molecule has 1 rings (SSSR count). The largest absolute Gasteiger partial charge is 0.481 e. The SMILES string of the molecule is CCC(CN)(CC1CCNCC(CN)(NC(=O)CCCC(=O)O)CNCC1)NC(=O)CCCC(=O)O. The van der Waals surface area contributed by atoms with Crippen LogP contribution in [-0.4, -0.2) is 84.3 Å². The van der Waals surface area contributed by atoms with E-state index >= 15 is 0 Å². The minimum atomic E-state index is -0.924. The molecule has 0 aliphatic carbocycles. The second-order valence-corrected chi connectivity index (χ2v) is 9.91. The molecule has 1 atom stereocenters. The predicted molar refractivity (Wildman–Crippen MR) is 136 cm³/mol. The topological polar surface area (TPSA) is 209 Å². The van der Waals surface area contributed by atoms with Crippen molar-refractivity contribution in [3.63, 3.8) is 0 Å². The molecule has 36 heavy (non-hydrogen) atoms. The molecule has 0 aromatic heterocycles. The van der Waals surface area contributed by atoms with Crippen LogP contribution in [0.4, 0.5) is 0 Å². The lowest BCUT2D eigenvalue weighted by molar-refractivity contribution is -0.138. The molecule has 1 fully saturated rings. The van der Waals surface area contributed by atoms with E-state index in [1.54, 1.807) is 0 Å². The van der Waals surface area contributed by atoms with Crippen LogP contribution in [0.2, 0.25) is 0 Å². The van der Waals surface area contributed by atoms with E-state index in [4.69, 9.17) is 21.7 Å². The number of hydrogen-bond acceptors (Lipinski definition) is 8. The van der Waals surface area contributed by atoms with Gasteiger partial charge in [0.1, 0.15) is 0 Å². The summed E-state index contributed by atoms with van der Waals surface area (Å²) in [6.07, 6.45) is 3.88. The molecule has 1 unspecified atom stereocenters. The smallest absolute Gasteiger partial charge is 0.303 e. The van der Waals surface area contributed by atoms with Crippen molar-refractivity contribution in [2.24, 2.45) is 17.4 Å². The fraction of sp³-hybridized carbons (Fsp3) is 0.833. The van der Waals surface area contributed by atoms with Gasteiger partial charge in [0, 0.05) is 51.9 Å². The third kappa shape index (κ3) is 12.1. The summed E-state index contributed by atoms with van der Waals surface area (Å²) in [5, 5.41) is 30.5. The summed E-state index contributed by atoms with van der Waals surface area (Å²) >= 11 is 0. The van der Waals surface area contributed by atoms with E-state index < -0.39 is 23.0 Å². The molecule has 12 nitrogen and oxygen atoms in total. The summed E-state index contributed by atoms with van der Waals surface area (Å²) in [6.45, 7) is 4.90. The first-order chi connectivity index (χ1) is 17.1. The van der Waals surface area contributed by atoms with Crippen LogP contribution in [0.5, 0.6) is 0 Å². The number of nitrogens with one attached hydrogen (secondary N) is 4. The molecule has 2 amide bonds. The van der Waals surface area contributed by atoms with Crippen molar-refractivity contribution in [3.8, 4) is 0 Å². The minimum absolute atomic E-state index is 0.0395. The lowest BCUT2D eigenvalue weighted by Crippen LogP contribution is -2.64. The summed E-state index contributed by atoms with van der Waals surface area (Å²) in [6, 6.07) is 0. The molecule has 12 heteroatoms. The number of carboxylic acids is 2. The maximum absolute atomic E-state index is 12.5. The highest BCUT2D eigenvalue weighted by atomic mass is 16.4. The zero-order valence-corrected chi connectivity index (χ0v) is 21.6. The third-order valence-electron chi connectivity index (χ3n) is 6.92. The van der Waals surface area contributed by atoms with Crippen LogP contribution < -0.4 is 32.7 Å². The first-order valence-corrected chi connectivity index (χ1v) is 13.0. The summed E-state index contributed by atoms with van der Waals surface area (Å²) < 4.78 is 0. The van der Waals surface area contributed by atoms with E-state index in [1.165, 1.54) is 0 Å². The Hall–Kier alpha value is -2.28. The van der Waals surface area contributed by atoms with E-state index in [0.717, 1.165) is 19.3 Å². The number of nitrogens with two attached hydrogens (primary N) is 2.